The Morgan fingerprint density at radius 1 is 1.45 bits per heavy atom. The lowest BCUT2D eigenvalue weighted by molar-refractivity contribution is -0.129. The Balaban J connectivity index is 2.06. The number of anilines is 1. The number of para-hydroxylation sites is 1. The summed E-state index contributed by atoms with van der Waals surface area (Å²) in [6.45, 7) is 2.73. The molecule has 6 heteroatoms. The van der Waals surface area contributed by atoms with Gasteiger partial charge in [-0.2, -0.15) is 0 Å². The third-order valence-electron chi connectivity index (χ3n) is 3.13. The Bertz CT molecular complexity index is 521. The number of nitrogens with one attached hydrogen (secondary N) is 2. The molecule has 0 fully saturated rings. The third kappa shape index (κ3) is 2.96. The zero-order chi connectivity index (χ0) is 14.6. The summed E-state index contributed by atoms with van der Waals surface area (Å²) >= 11 is 1.28. The molecule has 1 heterocycles. The Morgan fingerprint density at radius 2 is 2.20 bits per heavy atom. The van der Waals surface area contributed by atoms with E-state index in [1.807, 2.05) is 24.3 Å². The minimum Gasteiger partial charge on any atom is -0.385 e. The number of ether oxygens (including phenoxy) is 1. The van der Waals surface area contributed by atoms with E-state index in [2.05, 4.69) is 10.6 Å². The van der Waals surface area contributed by atoms with Crippen LogP contribution in [-0.2, 0) is 14.3 Å². The van der Waals surface area contributed by atoms with Crippen molar-refractivity contribution < 1.29 is 14.3 Å². The number of hydrogen-bond acceptors (Lipinski definition) is 4. The predicted molar refractivity (Wildman–Crippen MR) is 78.8 cm³/mol. The molecule has 0 aliphatic carbocycles. The van der Waals surface area contributed by atoms with Crippen molar-refractivity contribution in [1.82, 2.24) is 5.32 Å². The van der Waals surface area contributed by atoms with E-state index in [-0.39, 0.29) is 11.8 Å². The number of thioether (sulfide) groups is 1. The van der Waals surface area contributed by atoms with Crippen LogP contribution in [0.25, 0.3) is 0 Å². The van der Waals surface area contributed by atoms with Crippen molar-refractivity contribution in [2.45, 2.75) is 23.0 Å². The molecule has 0 aromatic heterocycles. The fraction of sp³-hybridized carbons (Fsp3) is 0.429. The first kappa shape index (κ1) is 14.9. The van der Waals surface area contributed by atoms with Gasteiger partial charge in [-0.25, -0.2) is 0 Å². The molecule has 0 bridgehead atoms. The molecule has 1 aliphatic rings. The van der Waals surface area contributed by atoms with Gasteiger partial charge in [-0.15, -0.1) is 0 Å². The van der Waals surface area contributed by atoms with Crippen molar-refractivity contribution in [1.29, 1.82) is 0 Å². The molecule has 0 radical (unpaired) electrons. The molecule has 20 heavy (non-hydrogen) atoms. The molecule has 0 saturated carbocycles. The number of carbonyl (C=O) groups excluding carboxylic acids is 2. The SMILES string of the molecule is COCCCNC(=O)[C@@]1(C)Sc2ccccc2NC1=O. The summed E-state index contributed by atoms with van der Waals surface area (Å²) in [5, 5.41) is 5.58. The summed E-state index contributed by atoms with van der Waals surface area (Å²) in [6, 6.07) is 7.47. The summed E-state index contributed by atoms with van der Waals surface area (Å²) < 4.78 is 3.79. The van der Waals surface area contributed by atoms with Crippen molar-refractivity contribution in [3.05, 3.63) is 24.3 Å². The largest absolute Gasteiger partial charge is 0.385 e. The summed E-state index contributed by atoms with van der Waals surface area (Å²) in [7, 11) is 1.62. The maximum absolute atomic E-state index is 12.3. The van der Waals surface area contributed by atoms with Gasteiger partial charge in [0, 0.05) is 25.2 Å². The monoisotopic (exact) mass is 294 g/mol. The Kier molecular flexibility index (Phi) is 4.67. The highest BCUT2D eigenvalue weighted by molar-refractivity contribution is 8.02. The second-order valence-corrected chi connectivity index (χ2v) is 6.15. The molecular formula is C14H18N2O3S. The smallest absolute Gasteiger partial charge is 0.250 e. The van der Waals surface area contributed by atoms with Gasteiger partial charge in [-0.1, -0.05) is 23.9 Å². The fourth-order valence-corrected chi connectivity index (χ4v) is 3.03. The van der Waals surface area contributed by atoms with E-state index in [9.17, 15) is 9.59 Å². The highest BCUT2D eigenvalue weighted by Gasteiger charge is 2.45. The molecule has 2 rings (SSSR count). The van der Waals surface area contributed by atoms with Gasteiger partial charge in [0.15, 0.2) is 4.75 Å². The van der Waals surface area contributed by atoms with Gasteiger partial charge in [-0.3, -0.25) is 9.59 Å². The Labute approximate surface area is 122 Å². The van der Waals surface area contributed by atoms with Gasteiger partial charge in [-0.05, 0) is 25.5 Å². The number of amides is 2. The highest BCUT2D eigenvalue weighted by Crippen LogP contribution is 2.42. The van der Waals surface area contributed by atoms with Crippen LogP contribution >= 0.6 is 11.8 Å². The van der Waals surface area contributed by atoms with E-state index >= 15 is 0 Å². The number of hydrogen-bond donors (Lipinski definition) is 2. The molecule has 5 nitrogen and oxygen atoms in total. The molecule has 108 valence electrons. The molecule has 1 aromatic carbocycles. The van der Waals surface area contributed by atoms with Crippen molar-refractivity contribution in [2.24, 2.45) is 0 Å². The first-order valence-corrected chi connectivity index (χ1v) is 7.26. The van der Waals surface area contributed by atoms with Crippen LogP contribution in [0, 0.1) is 0 Å². The van der Waals surface area contributed by atoms with Crippen LogP contribution in [0.1, 0.15) is 13.3 Å². The molecule has 0 spiro atoms. The molecular weight excluding hydrogens is 276 g/mol. The number of methoxy groups -OCH3 is 1. The van der Waals surface area contributed by atoms with Gasteiger partial charge >= 0.3 is 0 Å². The van der Waals surface area contributed by atoms with Crippen LogP contribution in [0.5, 0.6) is 0 Å². The van der Waals surface area contributed by atoms with E-state index in [1.165, 1.54) is 11.8 Å². The quantitative estimate of drug-likeness (QED) is 0.640. The molecule has 1 atom stereocenters. The van der Waals surface area contributed by atoms with Gasteiger partial charge in [0.25, 0.3) is 0 Å². The predicted octanol–water partition coefficient (Wildman–Crippen LogP) is 1.64. The lowest BCUT2D eigenvalue weighted by Crippen LogP contribution is -2.52. The topological polar surface area (TPSA) is 67.4 Å². The number of rotatable bonds is 5. The normalized spacial score (nSPS) is 21.0. The van der Waals surface area contributed by atoms with Crippen LogP contribution < -0.4 is 10.6 Å². The second kappa shape index (κ2) is 6.28. The molecule has 2 N–H and O–H groups in total. The molecule has 0 unspecified atom stereocenters. The summed E-state index contributed by atoms with van der Waals surface area (Å²) in [5.74, 6) is -0.559. The van der Waals surface area contributed by atoms with Crippen LogP contribution in [-0.4, -0.2) is 36.8 Å². The second-order valence-electron chi connectivity index (χ2n) is 4.69. The zero-order valence-electron chi connectivity index (χ0n) is 11.6. The molecule has 1 aliphatic heterocycles. The van der Waals surface area contributed by atoms with Gasteiger partial charge in [0.2, 0.25) is 11.8 Å². The van der Waals surface area contributed by atoms with Crippen LogP contribution in [0.3, 0.4) is 0 Å². The minimum absolute atomic E-state index is 0.273. The average molecular weight is 294 g/mol. The highest BCUT2D eigenvalue weighted by atomic mass is 32.2. The standard InChI is InChI=1S/C14H18N2O3S/c1-14(12(17)15-8-5-9-19-2)13(18)16-10-6-3-4-7-11(10)20-14/h3-4,6-7H,5,8-9H2,1-2H3,(H,15,17)(H,16,18)/t14-/m1/s1. The summed E-state index contributed by atoms with van der Waals surface area (Å²) in [6.07, 6.45) is 0.723. The first-order valence-electron chi connectivity index (χ1n) is 6.44. The Morgan fingerprint density at radius 3 is 2.95 bits per heavy atom. The van der Waals surface area contributed by atoms with Crippen molar-refractivity contribution in [3.63, 3.8) is 0 Å². The average Bonchev–Trinajstić information content (AvgIpc) is 2.44. The molecule has 1 aromatic rings. The lowest BCUT2D eigenvalue weighted by Gasteiger charge is -2.31. The maximum Gasteiger partial charge on any atom is 0.250 e. The summed E-state index contributed by atoms with van der Waals surface area (Å²) in [5.41, 5.74) is 0.757. The van der Waals surface area contributed by atoms with Crippen LogP contribution in [0.2, 0.25) is 0 Å². The minimum atomic E-state index is -1.14. The summed E-state index contributed by atoms with van der Waals surface area (Å²) in [4.78, 5) is 25.4. The van der Waals surface area contributed by atoms with Crippen molar-refractivity contribution >= 4 is 29.3 Å². The molecule has 2 amide bonds. The fourth-order valence-electron chi connectivity index (χ4n) is 1.90. The van der Waals surface area contributed by atoms with Crippen molar-refractivity contribution in [2.75, 3.05) is 25.6 Å². The molecule has 0 saturated heterocycles. The third-order valence-corrected chi connectivity index (χ3v) is 4.48. The van der Waals surface area contributed by atoms with E-state index in [0.717, 1.165) is 17.0 Å². The number of carbonyl (C=O) groups is 2. The van der Waals surface area contributed by atoms with E-state index < -0.39 is 4.75 Å². The zero-order valence-corrected chi connectivity index (χ0v) is 12.4. The van der Waals surface area contributed by atoms with E-state index in [1.54, 1.807) is 14.0 Å². The Hall–Kier alpha value is -1.53. The van der Waals surface area contributed by atoms with Gasteiger partial charge in [0.1, 0.15) is 0 Å². The van der Waals surface area contributed by atoms with Crippen LogP contribution in [0.4, 0.5) is 5.69 Å². The van der Waals surface area contributed by atoms with E-state index in [4.69, 9.17) is 4.74 Å². The van der Waals surface area contributed by atoms with E-state index in [0.29, 0.717) is 13.2 Å². The van der Waals surface area contributed by atoms with Gasteiger partial charge in [0.05, 0.1) is 5.69 Å². The number of benzene rings is 1. The van der Waals surface area contributed by atoms with Gasteiger partial charge < -0.3 is 15.4 Å². The van der Waals surface area contributed by atoms with Crippen molar-refractivity contribution in [3.8, 4) is 0 Å². The lowest BCUT2D eigenvalue weighted by atomic mass is 10.1. The number of fused-ring (bicyclic) bond motifs is 1. The first-order chi connectivity index (χ1) is 9.58. The maximum atomic E-state index is 12.3. The van der Waals surface area contributed by atoms with Crippen LogP contribution in [0.15, 0.2) is 29.2 Å².